The van der Waals surface area contributed by atoms with E-state index in [4.69, 9.17) is 16.3 Å². The molecule has 2 aromatic rings. The number of halogens is 1. The van der Waals surface area contributed by atoms with Gasteiger partial charge in [-0.3, -0.25) is 13.9 Å². The molecule has 0 fully saturated rings. The number of sulfonamides is 1. The van der Waals surface area contributed by atoms with Crippen LogP contribution >= 0.6 is 11.6 Å². The highest BCUT2D eigenvalue weighted by molar-refractivity contribution is 7.92. The van der Waals surface area contributed by atoms with Crippen LogP contribution in [0.5, 0.6) is 5.75 Å². The molecule has 36 heavy (non-hydrogen) atoms. The van der Waals surface area contributed by atoms with Gasteiger partial charge < -0.3 is 15.0 Å². The minimum atomic E-state index is -3.85. The van der Waals surface area contributed by atoms with Crippen molar-refractivity contribution in [1.29, 1.82) is 0 Å². The molecule has 198 valence electrons. The second-order valence-corrected chi connectivity index (χ2v) is 10.9. The van der Waals surface area contributed by atoms with Crippen molar-refractivity contribution in [3.8, 4) is 5.75 Å². The standard InChI is InChI=1S/C26H36ClN3O5S/c1-6-19(4)28-26(32)22(7-2)29(17-20-13-15-21(27)16-14-20)25(31)18-30(36(5,33)34)23-11-9-10-12-24(23)35-8-3/h9-16,19,22H,6-8,17-18H2,1-5H3,(H,28,32)/t19-,22-/m0/s1. The van der Waals surface area contributed by atoms with Crippen LogP contribution in [0.15, 0.2) is 48.5 Å². The van der Waals surface area contributed by atoms with Crippen molar-refractivity contribution in [1.82, 2.24) is 10.2 Å². The quantitative estimate of drug-likeness (QED) is 0.412. The van der Waals surface area contributed by atoms with Crippen LogP contribution in [-0.2, 0) is 26.2 Å². The van der Waals surface area contributed by atoms with Gasteiger partial charge in [0.25, 0.3) is 0 Å². The fraction of sp³-hybridized carbons (Fsp3) is 0.462. The molecule has 0 unspecified atom stereocenters. The maximum Gasteiger partial charge on any atom is 0.244 e. The Morgan fingerprint density at radius 3 is 2.22 bits per heavy atom. The summed E-state index contributed by atoms with van der Waals surface area (Å²) in [6.07, 6.45) is 2.14. The molecule has 0 heterocycles. The Balaban J connectivity index is 2.47. The third-order valence-corrected chi connectivity index (χ3v) is 7.14. The minimum Gasteiger partial charge on any atom is -0.492 e. The number of anilines is 1. The third kappa shape index (κ3) is 8.13. The van der Waals surface area contributed by atoms with Crippen LogP contribution in [0.3, 0.4) is 0 Å². The second-order valence-electron chi connectivity index (χ2n) is 8.56. The largest absolute Gasteiger partial charge is 0.492 e. The highest BCUT2D eigenvalue weighted by atomic mass is 35.5. The van der Waals surface area contributed by atoms with E-state index in [1.807, 2.05) is 20.8 Å². The first-order valence-electron chi connectivity index (χ1n) is 12.1. The van der Waals surface area contributed by atoms with Crippen LogP contribution in [0.1, 0.15) is 46.1 Å². The molecule has 0 aliphatic carbocycles. The van der Waals surface area contributed by atoms with Gasteiger partial charge in [-0.15, -0.1) is 0 Å². The van der Waals surface area contributed by atoms with Gasteiger partial charge in [-0.2, -0.15) is 0 Å². The lowest BCUT2D eigenvalue weighted by Crippen LogP contribution is -2.53. The lowest BCUT2D eigenvalue weighted by Gasteiger charge is -2.33. The SMILES string of the molecule is CCOc1ccccc1N(CC(=O)N(Cc1ccc(Cl)cc1)[C@@H](CC)C(=O)N[C@@H](C)CC)S(C)(=O)=O. The van der Waals surface area contributed by atoms with Gasteiger partial charge in [0.05, 0.1) is 18.6 Å². The molecule has 0 saturated carbocycles. The zero-order valence-electron chi connectivity index (χ0n) is 21.5. The summed E-state index contributed by atoms with van der Waals surface area (Å²) in [5.41, 5.74) is 1.03. The molecule has 1 N–H and O–H groups in total. The van der Waals surface area contributed by atoms with E-state index in [0.717, 1.165) is 22.5 Å². The van der Waals surface area contributed by atoms with Crippen molar-refractivity contribution < 1.29 is 22.7 Å². The summed E-state index contributed by atoms with van der Waals surface area (Å²) in [6, 6.07) is 12.8. The minimum absolute atomic E-state index is 0.0652. The number of carbonyl (C=O) groups is 2. The Labute approximate surface area is 219 Å². The van der Waals surface area contributed by atoms with E-state index in [2.05, 4.69) is 5.32 Å². The molecule has 0 spiro atoms. The average molecular weight is 538 g/mol. The molecule has 2 rings (SSSR count). The Morgan fingerprint density at radius 2 is 1.67 bits per heavy atom. The zero-order chi connectivity index (χ0) is 26.9. The van der Waals surface area contributed by atoms with E-state index in [9.17, 15) is 18.0 Å². The molecule has 10 heteroatoms. The van der Waals surface area contributed by atoms with E-state index in [0.29, 0.717) is 23.8 Å². The molecule has 8 nitrogen and oxygen atoms in total. The van der Waals surface area contributed by atoms with Gasteiger partial charge in [-0.25, -0.2) is 8.42 Å². The van der Waals surface area contributed by atoms with Gasteiger partial charge in [0.2, 0.25) is 21.8 Å². The van der Waals surface area contributed by atoms with E-state index in [-0.39, 0.29) is 24.2 Å². The first kappa shape index (κ1) is 29.5. The van der Waals surface area contributed by atoms with E-state index < -0.39 is 28.5 Å². The number of ether oxygens (including phenoxy) is 1. The Hall–Kier alpha value is -2.78. The fourth-order valence-corrected chi connectivity index (χ4v) is 4.66. The highest BCUT2D eigenvalue weighted by Crippen LogP contribution is 2.30. The van der Waals surface area contributed by atoms with Crippen molar-refractivity contribution in [2.75, 3.05) is 23.7 Å². The number of rotatable bonds is 13. The molecule has 0 bridgehead atoms. The summed E-state index contributed by atoms with van der Waals surface area (Å²) >= 11 is 6.02. The molecule has 0 aromatic heterocycles. The predicted molar refractivity (Wildman–Crippen MR) is 144 cm³/mol. The summed E-state index contributed by atoms with van der Waals surface area (Å²) in [5.74, 6) is -0.438. The van der Waals surface area contributed by atoms with Gasteiger partial charge in [0.1, 0.15) is 18.3 Å². The van der Waals surface area contributed by atoms with E-state index in [1.54, 1.807) is 55.5 Å². The highest BCUT2D eigenvalue weighted by Gasteiger charge is 2.32. The van der Waals surface area contributed by atoms with Crippen LogP contribution in [0, 0.1) is 0 Å². The van der Waals surface area contributed by atoms with E-state index >= 15 is 0 Å². The Kier molecular flexibility index (Phi) is 11.0. The molecule has 0 saturated heterocycles. The third-order valence-electron chi connectivity index (χ3n) is 5.77. The molecule has 2 amide bonds. The molecule has 0 aliphatic heterocycles. The van der Waals surface area contributed by atoms with Crippen molar-refractivity contribution in [3.05, 3.63) is 59.1 Å². The van der Waals surface area contributed by atoms with Crippen molar-refractivity contribution in [2.45, 2.75) is 59.2 Å². The molecule has 2 aromatic carbocycles. The molecule has 2 atom stereocenters. The summed E-state index contributed by atoms with van der Waals surface area (Å²) in [4.78, 5) is 28.3. The summed E-state index contributed by atoms with van der Waals surface area (Å²) in [6.45, 7) is 7.44. The number of nitrogens with zero attached hydrogens (tertiary/aromatic N) is 2. The van der Waals surface area contributed by atoms with Crippen LogP contribution in [0.2, 0.25) is 5.02 Å². The molecule has 0 radical (unpaired) electrons. The van der Waals surface area contributed by atoms with Gasteiger partial charge >= 0.3 is 0 Å². The Morgan fingerprint density at radius 1 is 1.03 bits per heavy atom. The lowest BCUT2D eigenvalue weighted by atomic mass is 10.1. The van der Waals surface area contributed by atoms with Gasteiger partial charge in [-0.05, 0) is 56.5 Å². The Bertz CT molecular complexity index is 1120. The summed E-state index contributed by atoms with van der Waals surface area (Å²) < 4.78 is 32.3. The van der Waals surface area contributed by atoms with Crippen LogP contribution in [-0.4, -0.2) is 56.6 Å². The topological polar surface area (TPSA) is 96.0 Å². The maximum absolute atomic E-state index is 13.7. The summed E-state index contributed by atoms with van der Waals surface area (Å²) in [5, 5.41) is 3.50. The number of para-hydroxylation sites is 2. The van der Waals surface area contributed by atoms with Crippen LogP contribution < -0.4 is 14.4 Å². The number of nitrogens with one attached hydrogen (secondary N) is 1. The molecular weight excluding hydrogens is 502 g/mol. The van der Waals surface area contributed by atoms with Crippen molar-refractivity contribution >= 4 is 39.1 Å². The van der Waals surface area contributed by atoms with Gasteiger partial charge in [0.15, 0.2) is 0 Å². The first-order chi connectivity index (χ1) is 17.0. The van der Waals surface area contributed by atoms with Crippen LogP contribution in [0.25, 0.3) is 0 Å². The van der Waals surface area contributed by atoms with Crippen molar-refractivity contribution in [3.63, 3.8) is 0 Å². The number of benzene rings is 2. The maximum atomic E-state index is 13.7. The number of carbonyl (C=O) groups excluding carboxylic acids is 2. The number of hydrogen-bond acceptors (Lipinski definition) is 5. The second kappa shape index (κ2) is 13.5. The lowest BCUT2D eigenvalue weighted by molar-refractivity contribution is -0.140. The fourth-order valence-electron chi connectivity index (χ4n) is 3.68. The molecule has 0 aliphatic rings. The van der Waals surface area contributed by atoms with Crippen molar-refractivity contribution in [2.24, 2.45) is 0 Å². The predicted octanol–water partition coefficient (Wildman–Crippen LogP) is 4.23. The zero-order valence-corrected chi connectivity index (χ0v) is 23.1. The summed E-state index contributed by atoms with van der Waals surface area (Å²) in [7, 11) is -3.85. The monoisotopic (exact) mass is 537 g/mol. The number of amides is 2. The number of hydrogen-bond donors (Lipinski definition) is 1. The van der Waals surface area contributed by atoms with Crippen LogP contribution in [0.4, 0.5) is 5.69 Å². The smallest absolute Gasteiger partial charge is 0.244 e. The van der Waals surface area contributed by atoms with Gasteiger partial charge in [-0.1, -0.05) is 49.7 Å². The normalized spacial score (nSPS) is 12.9. The van der Waals surface area contributed by atoms with Gasteiger partial charge in [0, 0.05) is 17.6 Å². The first-order valence-corrected chi connectivity index (χ1v) is 14.3. The molecular formula is C26H36ClN3O5S. The average Bonchev–Trinajstić information content (AvgIpc) is 2.83. The van der Waals surface area contributed by atoms with E-state index in [1.165, 1.54) is 4.90 Å².